The average molecular weight is 370 g/mol. The first-order valence-electron chi connectivity index (χ1n) is 10.1. The molecule has 1 aromatic heterocycles. The van der Waals surface area contributed by atoms with Gasteiger partial charge in [-0.3, -0.25) is 4.68 Å². The van der Waals surface area contributed by atoms with Crippen molar-refractivity contribution in [2.24, 2.45) is 18.7 Å². The molecule has 1 fully saturated rings. The Kier molecular flexibility index (Phi) is 5.35. The van der Waals surface area contributed by atoms with Crippen LogP contribution in [0.25, 0.3) is 0 Å². The highest BCUT2D eigenvalue weighted by Crippen LogP contribution is 2.40. The van der Waals surface area contributed by atoms with Crippen LogP contribution in [0.5, 0.6) is 0 Å². The summed E-state index contributed by atoms with van der Waals surface area (Å²) in [4.78, 5) is 0. The minimum absolute atomic E-state index is 0.0924. The monoisotopic (exact) mass is 369 g/mol. The molecule has 27 heavy (non-hydrogen) atoms. The predicted molar refractivity (Wildman–Crippen MR) is 105 cm³/mol. The first kappa shape index (κ1) is 18.7. The lowest BCUT2D eigenvalue weighted by Gasteiger charge is -2.26. The van der Waals surface area contributed by atoms with Gasteiger partial charge in [-0.1, -0.05) is 18.2 Å². The number of aryl methyl sites for hydroxylation is 2. The van der Waals surface area contributed by atoms with Gasteiger partial charge in [-0.2, -0.15) is 5.10 Å². The van der Waals surface area contributed by atoms with Crippen molar-refractivity contribution in [2.75, 3.05) is 13.2 Å². The SMILES string of the molecule is Cn1cc(COCC2CCc3cc([C@H]4CC[C@](N)(CO)C4)ccc3C2)cn1. The maximum absolute atomic E-state index is 9.51. The lowest BCUT2D eigenvalue weighted by Crippen LogP contribution is -2.40. The second-order valence-corrected chi connectivity index (χ2v) is 8.63. The van der Waals surface area contributed by atoms with Crippen LogP contribution in [0.15, 0.2) is 30.6 Å². The zero-order valence-electron chi connectivity index (χ0n) is 16.2. The van der Waals surface area contributed by atoms with Crippen molar-refractivity contribution >= 4 is 0 Å². The third-order valence-corrected chi connectivity index (χ3v) is 6.37. The molecule has 0 saturated heterocycles. The fourth-order valence-electron chi connectivity index (χ4n) is 4.72. The van der Waals surface area contributed by atoms with Crippen LogP contribution >= 0.6 is 0 Å². The Balaban J connectivity index is 1.32. The molecule has 0 aliphatic heterocycles. The van der Waals surface area contributed by atoms with E-state index in [-0.39, 0.29) is 12.1 Å². The van der Waals surface area contributed by atoms with Gasteiger partial charge in [-0.25, -0.2) is 0 Å². The Morgan fingerprint density at radius 3 is 2.96 bits per heavy atom. The molecule has 0 amide bonds. The number of hydrogen-bond acceptors (Lipinski definition) is 4. The molecule has 2 aliphatic rings. The van der Waals surface area contributed by atoms with Crippen LogP contribution in [0.1, 0.15) is 53.9 Å². The molecule has 146 valence electrons. The van der Waals surface area contributed by atoms with Gasteiger partial charge in [-0.05, 0) is 67.1 Å². The van der Waals surface area contributed by atoms with E-state index in [2.05, 4.69) is 23.3 Å². The Bertz CT molecular complexity index is 788. The minimum Gasteiger partial charge on any atom is -0.394 e. The van der Waals surface area contributed by atoms with Crippen molar-refractivity contribution in [1.82, 2.24) is 9.78 Å². The molecule has 2 aromatic rings. The summed E-state index contributed by atoms with van der Waals surface area (Å²) in [5.41, 5.74) is 11.4. The van der Waals surface area contributed by atoms with Gasteiger partial charge in [0.2, 0.25) is 0 Å². The summed E-state index contributed by atoms with van der Waals surface area (Å²) in [6.45, 7) is 1.55. The van der Waals surface area contributed by atoms with E-state index >= 15 is 0 Å². The summed E-state index contributed by atoms with van der Waals surface area (Å²) in [5, 5.41) is 13.7. The van der Waals surface area contributed by atoms with Crippen LogP contribution in [0.2, 0.25) is 0 Å². The maximum atomic E-state index is 9.51. The quantitative estimate of drug-likeness (QED) is 0.821. The highest BCUT2D eigenvalue weighted by atomic mass is 16.5. The first-order valence-corrected chi connectivity index (χ1v) is 10.1. The number of benzene rings is 1. The molecule has 5 nitrogen and oxygen atoms in total. The van der Waals surface area contributed by atoms with Crippen LogP contribution < -0.4 is 5.73 Å². The lowest BCUT2D eigenvalue weighted by molar-refractivity contribution is 0.0823. The van der Waals surface area contributed by atoms with Crippen molar-refractivity contribution in [3.63, 3.8) is 0 Å². The third-order valence-electron chi connectivity index (χ3n) is 6.37. The summed E-state index contributed by atoms with van der Waals surface area (Å²) < 4.78 is 7.75. The standard InChI is InChI=1S/C22H31N3O2/c1-25-12-17(11-24-25)14-27-13-16-2-3-19-9-20(5-4-18(19)8-16)21-6-7-22(23,10-21)15-26/h4-5,9,11-12,16,21,26H,2-3,6-8,10,13-15,23H2,1H3/t16?,21-,22+/m0/s1. The molecule has 2 aliphatic carbocycles. The molecule has 1 unspecified atom stereocenters. The molecular weight excluding hydrogens is 338 g/mol. The van der Waals surface area contributed by atoms with E-state index in [0.717, 1.165) is 44.3 Å². The zero-order chi connectivity index (χ0) is 18.9. The number of nitrogens with zero attached hydrogens (tertiary/aromatic N) is 2. The molecule has 5 heteroatoms. The van der Waals surface area contributed by atoms with E-state index in [1.54, 1.807) is 0 Å². The van der Waals surface area contributed by atoms with Gasteiger partial charge in [0.15, 0.2) is 0 Å². The molecule has 1 saturated carbocycles. The van der Waals surface area contributed by atoms with Gasteiger partial charge in [-0.15, -0.1) is 0 Å². The van der Waals surface area contributed by atoms with Gasteiger partial charge in [0.05, 0.1) is 26.0 Å². The molecule has 3 N–H and O–H groups in total. The summed E-state index contributed by atoms with van der Waals surface area (Å²) in [6, 6.07) is 6.99. The minimum atomic E-state index is -0.378. The van der Waals surface area contributed by atoms with E-state index < -0.39 is 0 Å². The van der Waals surface area contributed by atoms with Gasteiger partial charge < -0.3 is 15.6 Å². The number of aliphatic hydroxyl groups excluding tert-OH is 1. The number of aliphatic hydroxyl groups is 1. The Morgan fingerprint density at radius 2 is 2.22 bits per heavy atom. The molecule has 0 bridgehead atoms. The van der Waals surface area contributed by atoms with Gasteiger partial charge in [0.1, 0.15) is 0 Å². The van der Waals surface area contributed by atoms with Crippen molar-refractivity contribution in [3.05, 3.63) is 52.8 Å². The highest BCUT2D eigenvalue weighted by Gasteiger charge is 2.36. The normalized spacial score (nSPS) is 27.7. The smallest absolute Gasteiger partial charge is 0.0747 e. The number of nitrogens with two attached hydrogens (primary N) is 1. The summed E-state index contributed by atoms with van der Waals surface area (Å²) in [7, 11) is 1.93. The fraction of sp³-hybridized carbons (Fsp3) is 0.591. The molecular formula is C22H31N3O2. The number of rotatable bonds is 6. The number of hydrogen-bond donors (Lipinski definition) is 2. The molecule has 0 spiro atoms. The number of ether oxygens (including phenoxy) is 1. The van der Waals surface area contributed by atoms with Crippen LogP contribution in [-0.2, 0) is 31.2 Å². The first-order chi connectivity index (χ1) is 13.0. The number of fused-ring (bicyclic) bond motifs is 1. The molecule has 0 radical (unpaired) electrons. The Hall–Kier alpha value is -1.69. The van der Waals surface area contributed by atoms with Crippen LogP contribution in [0, 0.1) is 5.92 Å². The summed E-state index contributed by atoms with van der Waals surface area (Å²) in [6.07, 6.45) is 10.2. The maximum Gasteiger partial charge on any atom is 0.0747 e. The Labute approximate surface area is 161 Å². The van der Waals surface area contributed by atoms with E-state index in [1.165, 1.54) is 23.1 Å². The van der Waals surface area contributed by atoms with E-state index in [0.29, 0.717) is 18.4 Å². The third kappa shape index (κ3) is 4.26. The molecule has 1 heterocycles. The number of aromatic nitrogens is 2. The van der Waals surface area contributed by atoms with E-state index in [1.807, 2.05) is 24.1 Å². The highest BCUT2D eigenvalue weighted by molar-refractivity contribution is 5.36. The predicted octanol–water partition coefficient (Wildman–Crippen LogP) is 2.70. The second kappa shape index (κ2) is 7.74. The van der Waals surface area contributed by atoms with Crippen LogP contribution in [0.3, 0.4) is 0 Å². The fourth-order valence-corrected chi connectivity index (χ4v) is 4.72. The van der Waals surface area contributed by atoms with Crippen molar-refractivity contribution < 1.29 is 9.84 Å². The zero-order valence-corrected chi connectivity index (χ0v) is 16.2. The summed E-state index contributed by atoms with van der Waals surface area (Å²) in [5.74, 6) is 1.09. The van der Waals surface area contributed by atoms with Crippen LogP contribution in [0.4, 0.5) is 0 Å². The summed E-state index contributed by atoms with van der Waals surface area (Å²) >= 11 is 0. The second-order valence-electron chi connectivity index (χ2n) is 8.63. The van der Waals surface area contributed by atoms with Crippen molar-refractivity contribution in [1.29, 1.82) is 0 Å². The van der Waals surface area contributed by atoms with Crippen molar-refractivity contribution in [2.45, 2.75) is 56.6 Å². The molecule has 3 atom stereocenters. The lowest BCUT2D eigenvalue weighted by atomic mass is 9.82. The van der Waals surface area contributed by atoms with Gasteiger partial charge >= 0.3 is 0 Å². The van der Waals surface area contributed by atoms with Crippen LogP contribution in [-0.4, -0.2) is 33.6 Å². The van der Waals surface area contributed by atoms with E-state index in [4.69, 9.17) is 10.5 Å². The topological polar surface area (TPSA) is 73.3 Å². The van der Waals surface area contributed by atoms with Gasteiger partial charge in [0, 0.05) is 24.3 Å². The van der Waals surface area contributed by atoms with Crippen molar-refractivity contribution in [3.8, 4) is 0 Å². The Morgan fingerprint density at radius 1 is 1.33 bits per heavy atom. The molecule has 4 rings (SSSR count). The molecule has 1 aromatic carbocycles. The van der Waals surface area contributed by atoms with E-state index in [9.17, 15) is 5.11 Å². The van der Waals surface area contributed by atoms with Gasteiger partial charge in [0.25, 0.3) is 0 Å². The average Bonchev–Trinajstić information content (AvgIpc) is 3.28. The largest absolute Gasteiger partial charge is 0.394 e.